The fraction of sp³-hybridized carbons (Fsp3) is 0.269. The van der Waals surface area contributed by atoms with E-state index in [9.17, 15) is 9.59 Å². The van der Waals surface area contributed by atoms with Gasteiger partial charge in [-0.05, 0) is 31.0 Å². The fourth-order valence-electron chi connectivity index (χ4n) is 3.59. The van der Waals surface area contributed by atoms with E-state index in [-0.39, 0.29) is 23.5 Å². The Hall–Kier alpha value is -2.92. The van der Waals surface area contributed by atoms with E-state index in [0.29, 0.717) is 31.7 Å². The van der Waals surface area contributed by atoms with Crippen LogP contribution in [0.2, 0.25) is 10.0 Å². The molecule has 0 radical (unpaired) electrons. The van der Waals surface area contributed by atoms with E-state index in [1.807, 2.05) is 57.5 Å². The summed E-state index contributed by atoms with van der Waals surface area (Å²) in [6.07, 6.45) is 0. The standard InChI is InChI=1S/C26H26Cl2N6O2S2/c1-14(2)22(31-24(36)17-9-10-18(27)19(28)11-17)23-32-33-26(34(23)4)38-13-21(35)30-25-29-20(12-37-25)16-7-5-15(3)6-8-16/h5-12,14,22H,13H2,1-4H3,(H,31,36)(H,29,30,35)/t22-/m0/s1. The molecule has 0 spiro atoms. The number of amides is 2. The lowest BCUT2D eigenvalue weighted by atomic mass is 10.0. The average Bonchev–Trinajstić information content (AvgIpc) is 3.49. The first-order valence-electron chi connectivity index (χ1n) is 11.7. The summed E-state index contributed by atoms with van der Waals surface area (Å²) in [4.78, 5) is 30.0. The van der Waals surface area contributed by atoms with Gasteiger partial charge in [0.15, 0.2) is 16.1 Å². The lowest BCUT2D eigenvalue weighted by molar-refractivity contribution is -0.113. The van der Waals surface area contributed by atoms with Crippen LogP contribution in [0.4, 0.5) is 5.13 Å². The highest BCUT2D eigenvalue weighted by molar-refractivity contribution is 7.99. The summed E-state index contributed by atoms with van der Waals surface area (Å²) >= 11 is 14.7. The Kier molecular flexibility index (Phi) is 9.09. The van der Waals surface area contributed by atoms with Gasteiger partial charge in [0.1, 0.15) is 0 Å². The Morgan fingerprint density at radius 2 is 1.82 bits per heavy atom. The fourth-order valence-corrected chi connectivity index (χ4v) is 5.34. The summed E-state index contributed by atoms with van der Waals surface area (Å²) in [7, 11) is 1.81. The number of carbonyl (C=O) groups excluding carboxylic acids is 2. The number of carbonyl (C=O) groups is 2. The van der Waals surface area contributed by atoms with Crippen LogP contribution in [0.1, 0.15) is 41.6 Å². The van der Waals surface area contributed by atoms with Crippen LogP contribution in [0.5, 0.6) is 0 Å². The third-order valence-corrected chi connectivity index (χ3v) is 8.23. The number of aromatic nitrogens is 4. The maximum absolute atomic E-state index is 12.9. The number of nitrogens with zero attached hydrogens (tertiary/aromatic N) is 4. The molecule has 0 bridgehead atoms. The Morgan fingerprint density at radius 3 is 2.50 bits per heavy atom. The number of benzene rings is 2. The topological polar surface area (TPSA) is 102 Å². The molecule has 0 aliphatic rings. The maximum atomic E-state index is 12.9. The molecule has 198 valence electrons. The van der Waals surface area contributed by atoms with Gasteiger partial charge in [-0.3, -0.25) is 9.59 Å². The quantitative estimate of drug-likeness (QED) is 0.219. The minimum Gasteiger partial charge on any atom is -0.342 e. The number of thiazole rings is 1. The zero-order valence-corrected chi connectivity index (χ0v) is 24.3. The molecule has 2 amide bonds. The van der Waals surface area contributed by atoms with E-state index in [4.69, 9.17) is 23.2 Å². The second kappa shape index (κ2) is 12.3. The molecule has 4 aromatic rings. The number of halogens is 2. The largest absolute Gasteiger partial charge is 0.342 e. The van der Waals surface area contributed by atoms with Crippen molar-refractivity contribution >= 4 is 63.2 Å². The van der Waals surface area contributed by atoms with Crippen LogP contribution in [-0.2, 0) is 11.8 Å². The first-order valence-corrected chi connectivity index (χ1v) is 14.3. The highest BCUT2D eigenvalue weighted by Crippen LogP contribution is 2.28. The zero-order valence-electron chi connectivity index (χ0n) is 21.2. The summed E-state index contributed by atoms with van der Waals surface area (Å²) in [5.41, 5.74) is 3.39. The van der Waals surface area contributed by atoms with Gasteiger partial charge >= 0.3 is 0 Å². The van der Waals surface area contributed by atoms with Crippen molar-refractivity contribution in [3.05, 3.63) is 74.8 Å². The van der Waals surface area contributed by atoms with Crippen molar-refractivity contribution < 1.29 is 9.59 Å². The Morgan fingerprint density at radius 1 is 1.08 bits per heavy atom. The highest BCUT2D eigenvalue weighted by Gasteiger charge is 2.25. The number of hydrogen-bond donors (Lipinski definition) is 2. The summed E-state index contributed by atoms with van der Waals surface area (Å²) in [6, 6.07) is 12.4. The van der Waals surface area contributed by atoms with Crippen LogP contribution in [0.3, 0.4) is 0 Å². The van der Waals surface area contributed by atoms with Crippen molar-refractivity contribution in [2.75, 3.05) is 11.1 Å². The van der Waals surface area contributed by atoms with Crippen LogP contribution in [0.25, 0.3) is 11.3 Å². The SMILES string of the molecule is Cc1ccc(-c2csc(NC(=O)CSc3nnc([C@@H](NC(=O)c4ccc(Cl)c(Cl)c4)C(C)C)n3C)n2)cc1. The molecule has 2 heterocycles. The Labute approximate surface area is 239 Å². The number of anilines is 1. The molecule has 0 saturated carbocycles. The van der Waals surface area contributed by atoms with Gasteiger partial charge < -0.3 is 15.2 Å². The minimum atomic E-state index is -0.409. The molecule has 2 N–H and O–H groups in total. The van der Waals surface area contributed by atoms with Crippen molar-refractivity contribution in [2.24, 2.45) is 13.0 Å². The predicted molar refractivity (Wildman–Crippen MR) is 154 cm³/mol. The molecule has 0 fully saturated rings. The number of rotatable bonds is 9. The van der Waals surface area contributed by atoms with Gasteiger partial charge in [0.25, 0.3) is 5.91 Å². The molecule has 2 aromatic heterocycles. The number of hydrogen-bond acceptors (Lipinski definition) is 7. The summed E-state index contributed by atoms with van der Waals surface area (Å²) in [5.74, 6) is 0.246. The average molecular weight is 590 g/mol. The molecular weight excluding hydrogens is 563 g/mol. The molecule has 38 heavy (non-hydrogen) atoms. The number of aryl methyl sites for hydroxylation is 1. The molecule has 0 unspecified atom stereocenters. The van der Waals surface area contributed by atoms with Crippen LogP contribution in [0.15, 0.2) is 53.0 Å². The van der Waals surface area contributed by atoms with Crippen LogP contribution < -0.4 is 10.6 Å². The smallest absolute Gasteiger partial charge is 0.251 e. The van der Waals surface area contributed by atoms with Gasteiger partial charge in [-0.25, -0.2) is 4.98 Å². The van der Waals surface area contributed by atoms with E-state index in [1.165, 1.54) is 34.7 Å². The first kappa shape index (κ1) is 28.1. The molecule has 0 aliphatic carbocycles. The van der Waals surface area contributed by atoms with Gasteiger partial charge in [0.05, 0.1) is 27.5 Å². The molecule has 0 saturated heterocycles. The van der Waals surface area contributed by atoms with Gasteiger partial charge in [0, 0.05) is 23.6 Å². The van der Waals surface area contributed by atoms with Gasteiger partial charge in [0.2, 0.25) is 5.91 Å². The highest BCUT2D eigenvalue weighted by atomic mass is 35.5. The third-order valence-electron chi connectivity index (χ3n) is 5.71. The van der Waals surface area contributed by atoms with E-state index in [0.717, 1.165) is 11.3 Å². The Bertz CT molecular complexity index is 1450. The summed E-state index contributed by atoms with van der Waals surface area (Å²) < 4.78 is 1.79. The second-order valence-electron chi connectivity index (χ2n) is 8.96. The monoisotopic (exact) mass is 588 g/mol. The Balaban J connectivity index is 1.38. The maximum Gasteiger partial charge on any atom is 0.251 e. The predicted octanol–water partition coefficient (Wildman–Crippen LogP) is 6.41. The molecule has 8 nitrogen and oxygen atoms in total. The van der Waals surface area contributed by atoms with E-state index < -0.39 is 6.04 Å². The molecule has 12 heteroatoms. The van der Waals surface area contributed by atoms with Crippen molar-refractivity contribution in [3.8, 4) is 11.3 Å². The molecular formula is C26H26Cl2N6O2S2. The van der Waals surface area contributed by atoms with Gasteiger partial charge in [-0.2, -0.15) is 0 Å². The van der Waals surface area contributed by atoms with Crippen molar-refractivity contribution in [2.45, 2.75) is 32.0 Å². The lowest BCUT2D eigenvalue weighted by Gasteiger charge is -2.21. The van der Waals surface area contributed by atoms with E-state index in [1.54, 1.807) is 16.7 Å². The van der Waals surface area contributed by atoms with Crippen LogP contribution in [0, 0.1) is 12.8 Å². The number of nitrogens with one attached hydrogen (secondary N) is 2. The molecule has 0 aliphatic heterocycles. The van der Waals surface area contributed by atoms with E-state index in [2.05, 4.69) is 25.8 Å². The van der Waals surface area contributed by atoms with Crippen molar-refractivity contribution in [1.29, 1.82) is 0 Å². The third kappa shape index (κ3) is 6.74. The van der Waals surface area contributed by atoms with Crippen molar-refractivity contribution in [3.63, 3.8) is 0 Å². The second-order valence-corrected chi connectivity index (χ2v) is 11.6. The van der Waals surface area contributed by atoms with Gasteiger partial charge in [-0.15, -0.1) is 21.5 Å². The molecule has 4 rings (SSSR count). The normalized spacial score (nSPS) is 12.0. The van der Waals surface area contributed by atoms with Crippen LogP contribution >= 0.6 is 46.3 Å². The number of thioether (sulfide) groups is 1. The summed E-state index contributed by atoms with van der Waals surface area (Å²) in [5, 5.41) is 18.1. The van der Waals surface area contributed by atoms with Gasteiger partial charge in [-0.1, -0.05) is 78.6 Å². The zero-order chi connectivity index (χ0) is 27.4. The molecule has 1 atom stereocenters. The van der Waals surface area contributed by atoms with E-state index >= 15 is 0 Å². The summed E-state index contributed by atoms with van der Waals surface area (Å²) in [6.45, 7) is 5.99. The van der Waals surface area contributed by atoms with Crippen molar-refractivity contribution in [1.82, 2.24) is 25.1 Å². The van der Waals surface area contributed by atoms with Crippen LogP contribution in [-0.4, -0.2) is 37.3 Å². The molecule has 2 aromatic carbocycles. The first-order chi connectivity index (χ1) is 18.1. The lowest BCUT2D eigenvalue weighted by Crippen LogP contribution is -2.33. The minimum absolute atomic E-state index is 0.0263.